The molecule has 1 aliphatic heterocycles. The van der Waals surface area contributed by atoms with Gasteiger partial charge >= 0.3 is 0 Å². The molecular weight excluding hydrogens is 310 g/mol. The number of hydrogen-bond acceptors (Lipinski definition) is 3. The van der Waals surface area contributed by atoms with Crippen LogP contribution in [-0.4, -0.2) is 37.0 Å². The maximum Gasteiger partial charge on any atom is 0.220 e. The fourth-order valence-electron chi connectivity index (χ4n) is 3.45. The molecule has 1 aromatic carbocycles. The van der Waals surface area contributed by atoms with Crippen LogP contribution >= 0.6 is 0 Å². The number of carbonyl (C=O) groups excluding carboxylic acids is 1. The van der Waals surface area contributed by atoms with Crippen LogP contribution in [0.2, 0.25) is 0 Å². The first kappa shape index (κ1) is 19.9. The highest BCUT2D eigenvalue weighted by Crippen LogP contribution is 2.24. The molecule has 1 amide bonds. The summed E-state index contributed by atoms with van der Waals surface area (Å²) in [6.45, 7) is 10.4. The lowest BCUT2D eigenvalue weighted by Gasteiger charge is -2.27. The minimum Gasteiger partial charge on any atom is -0.352 e. The Morgan fingerprint density at radius 3 is 2.60 bits per heavy atom. The van der Waals surface area contributed by atoms with Gasteiger partial charge < -0.3 is 10.6 Å². The van der Waals surface area contributed by atoms with Gasteiger partial charge in [-0.3, -0.25) is 9.69 Å². The lowest BCUT2D eigenvalue weighted by molar-refractivity contribution is -0.122. The number of nitrogens with zero attached hydrogens (tertiary/aromatic N) is 1. The highest BCUT2D eigenvalue weighted by molar-refractivity contribution is 5.76. The molecule has 2 N–H and O–H groups in total. The van der Waals surface area contributed by atoms with E-state index in [0.29, 0.717) is 30.8 Å². The Balaban J connectivity index is 1.79. The minimum atomic E-state index is 0.177. The average Bonchev–Trinajstić information content (AvgIpc) is 2.61. The quantitative estimate of drug-likeness (QED) is 0.761. The highest BCUT2D eigenvalue weighted by atomic mass is 16.1. The maximum absolute atomic E-state index is 12.3. The third-order valence-corrected chi connectivity index (χ3v) is 5.49. The topological polar surface area (TPSA) is 44.4 Å². The van der Waals surface area contributed by atoms with Crippen molar-refractivity contribution in [1.82, 2.24) is 15.5 Å². The summed E-state index contributed by atoms with van der Waals surface area (Å²) < 4.78 is 0. The molecule has 0 spiro atoms. The largest absolute Gasteiger partial charge is 0.352 e. The molecule has 4 heteroatoms. The molecule has 0 aliphatic carbocycles. The number of rotatable bonds is 8. The number of amides is 1. The summed E-state index contributed by atoms with van der Waals surface area (Å²) in [5, 5.41) is 6.50. The molecule has 0 aromatic heterocycles. The number of nitrogens with one attached hydrogen (secondary N) is 2. The van der Waals surface area contributed by atoms with Gasteiger partial charge in [0.05, 0.1) is 0 Å². The van der Waals surface area contributed by atoms with E-state index in [9.17, 15) is 4.79 Å². The molecule has 1 unspecified atom stereocenters. The first-order chi connectivity index (χ1) is 12.0. The molecule has 4 nitrogen and oxygen atoms in total. The molecule has 140 valence electrons. The lowest BCUT2D eigenvalue weighted by Crippen LogP contribution is -2.33. The molecule has 1 saturated heterocycles. The van der Waals surface area contributed by atoms with Gasteiger partial charge in [0.1, 0.15) is 0 Å². The van der Waals surface area contributed by atoms with Crippen LogP contribution in [-0.2, 0) is 17.9 Å². The Morgan fingerprint density at radius 2 is 1.92 bits per heavy atom. The molecule has 0 radical (unpaired) electrons. The summed E-state index contributed by atoms with van der Waals surface area (Å²) >= 11 is 0. The fourth-order valence-corrected chi connectivity index (χ4v) is 3.45. The average molecular weight is 346 g/mol. The van der Waals surface area contributed by atoms with Crippen molar-refractivity contribution in [3.8, 4) is 0 Å². The van der Waals surface area contributed by atoms with Gasteiger partial charge in [-0.05, 0) is 69.8 Å². The number of benzene rings is 1. The fraction of sp³-hybridized carbons (Fsp3) is 0.667. The highest BCUT2D eigenvalue weighted by Gasteiger charge is 2.21. The smallest absolute Gasteiger partial charge is 0.220 e. The standard InChI is InChI=1S/C21H35N3O/c1-16(2)24(4)15-19-7-5-6-18(13-19)14-23-21(25)12-17(3)20-8-10-22-11-9-20/h5-7,13,16-17,20,22H,8-12,14-15H2,1-4H3,(H,23,25). The van der Waals surface area contributed by atoms with E-state index in [2.05, 4.69) is 67.6 Å². The third-order valence-electron chi connectivity index (χ3n) is 5.49. The van der Waals surface area contributed by atoms with Crippen LogP contribution in [0.25, 0.3) is 0 Å². The second-order valence-corrected chi connectivity index (χ2v) is 7.87. The third kappa shape index (κ3) is 6.79. The molecule has 1 aromatic rings. The van der Waals surface area contributed by atoms with Gasteiger partial charge in [-0.2, -0.15) is 0 Å². The summed E-state index contributed by atoms with van der Waals surface area (Å²) in [5.41, 5.74) is 2.48. The SMILES string of the molecule is CC(CC(=O)NCc1cccc(CN(C)C(C)C)c1)C1CCNCC1. The summed E-state index contributed by atoms with van der Waals surface area (Å²) in [4.78, 5) is 14.6. The van der Waals surface area contributed by atoms with Crippen molar-refractivity contribution >= 4 is 5.91 Å². The van der Waals surface area contributed by atoms with Crippen molar-refractivity contribution < 1.29 is 4.79 Å². The Bertz CT molecular complexity index is 538. The van der Waals surface area contributed by atoms with Crippen molar-refractivity contribution in [3.63, 3.8) is 0 Å². The molecule has 2 rings (SSSR count). The van der Waals surface area contributed by atoms with Gasteiger partial charge in [-0.25, -0.2) is 0 Å². The van der Waals surface area contributed by atoms with E-state index in [1.165, 1.54) is 24.0 Å². The van der Waals surface area contributed by atoms with Crippen LogP contribution in [0.1, 0.15) is 51.2 Å². The zero-order chi connectivity index (χ0) is 18.2. The van der Waals surface area contributed by atoms with Gasteiger partial charge in [-0.15, -0.1) is 0 Å². The summed E-state index contributed by atoms with van der Waals surface area (Å²) in [7, 11) is 2.14. The molecule has 1 atom stereocenters. The van der Waals surface area contributed by atoms with Crippen LogP contribution in [0.4, 0.5) is 0 Å². The second kappa shape index (κ2) is 9.93. The van der Waals surface area contributed by atoms with Crippen LogP contribution < -0.4 is 10.6 Å². The number of piperidine rings is 1. The van der Waals surface area contributed by atoms with Crippen molar-refractivity contribution in [1.29, 1.82) is 0 Å². The van der Waals surface area contributed by atoms with Gasteiger partial charge in [0.2, 0.25) is 5.91 Å². The molecular formula is C21H35N3O. The van der Waals surface area contributed by atoms with Crippen molar-refractivity contribution in [3.05, 3.63) is 35.4 Å². The first-order valence-electron chi connectivity index (χ1n) is 9.71. The summed E-state index contributed by atoms with van der Waals surface area (Å²) in [6.07, 6.45) is 3.03. The predicted molar refractivity (Wildman–Crippen MR) is 104 cm³/mol. The normalized spacial score (nSPS) is 17.0. The first-order valence-corrected chi connectivity index (χ1v) is 9.71. The molecule has 1 heterocycles. The molecule has 0 bridgehead atoms. The van der Waals surface area contributed by atoms with Crippen molar-refractivity contribution in [2.45, 2.75) is 59.2 Å². The van der Waals surface area contributed by atoms with E-state index < -0.39 is 0 Å². The summed E-state index contributed by atoms with van der Waals surface area (Å²) in [5.74, 6) is 1.32. The van der Waals surface area contributed by atoms with E-state index in [1.807, 2.05) is 0 Å². The Labute approximate surface area is 153 Å². The zero-order valence-electron chi connectivity index (χ0n) is 16.3. The van der Waals surface area contributed by atoms with Gasteiger partial charge in [-0.1, -0.05) is 31.2 Å². The van der Waals surface area contributed by atoms with E-state index in [4.69, 9.17) is 0 Å². The summed E-state index contributed by atoms with van der Waals surface area (Å²) in [6, 6.07) is 9.07. The van der Waals surface area contributed by atoms with Crippen molar-refractivity contribution in [2.24, 2.45) is 11.8 Å². The number of carbonyl (C=O) groups is 1. The van der Waals surface area contributed by atoms with Crippen LogP contribution in [0.15, 0.2) is 24.3 Å². The maximum atomic E-state index is 12.3. The number of hydrogen-bond donors (Lipinski definition) is 2. The van der Waals surface area contributed by atoms with Crippen LogP contribution in [0.3, 0.4) is 0 Å². The van der Waals surface area contributed by atoms with Crippen LogP contribution in [0.5, 0.6) is 0 Å². The van der Waals surface area contributed by atoms with E-state index >= 15 is 0 Å². The Kier molecular flexibility index (Phi) is 7.91. The van der Waals surface area contributed by atoms with Gasteiger partial charge in [0.15, 0.2) is 0 Å². The monoisotopic (exact) mass is 345 g/mol. The Morgan fingerprint density at radius 1 is 1.24 bits per heavy atom. The van der Waals surface area contributed by atoms with E-state index in [0.717, 1.165) is 19.6 Å². The molecule has 1 aliphatic rings. The Hall–Kier alpha value is -1.39. The van der Waals surface area contributed by atoms with Gasteiger partial charge in [0.25, 0.3) is 0 Å². The van der Waals surface area contributed by atoms with Crippen LogP contribution in [0, 0.1) is 11.8 Å². The van der Waals surface area contributed by atoms with Gasteiger partial charge in [0, 0.05) is 25.6 Å². The molecule has 1 fully saturated rings. The van der Waals surface area contributed by atoms with Crippen molar-refractivity contribution in [2.75, 3.05) is 20.1 Å². The molecule has 0 saturated carbocycles. The molecule has 25 heavy (non-hydrogen) atoms. The minimum absolute atomic E-state index is 0.177. The van der Waals surface area contributed by atoms with E-state index in [-0.39, 0.29) is 5.91 Å². The lowest BCUT2D eigenvalue weighted by atomic mass is 9.84. The second-order valence-electron chi connectivity index (χ2n) is 7.87. The van der Waals surface area contributed by atoms with E-state index in [1.54, 1.807) is 0 Å². The predicted octanol–water partition coefficient (Wildman–Crippen LogP) is 3.17. The zero-order valence-corrected chi connectivity index (χ0v) is 16.3.